The van der Waals surface area contributed by atoms with Gasteiger partial charge in [-0.25, -0.2) is 10.6 Å². The zero-order valence-corrected chi connectivity index (χ0v) is 10.9. The average Bonchev–Trinajstić information content (AvgIpc) is 2.43. The largest absolute Gasteiger partial charge is 0.331 e. The summed E-state index contributed by atoms with van der Waals surface area (Å²) in [5, 5.41) is 2.85. The van der Waals surface area contributed by atoms with Gasteiger partial charge < -0.3 is 10.2 Å². The summed E-state index contributed by atoms with van der Waals surface area (Å²) in [6.07, 6.45) is 2.06. The first kappa shape index (κ1) is 13.4. The summed E-state index contributed by atoms with van der Waals surface area (Å²) in [6.45, 7) is 0.591. The maximum atomic E-state index is 11.3. The number of hydrogen-bond donors (Lipinski definition) is 3. The number of likely N-dealkylation sites (N-methyl/N-ethyl adjacent to an activating group) is 1. The minimum Gasteiger partial charge on any atom is -0.326 e. The number of hydrazine groups is 1. The Morgan fingerprint density at radius 3 is 3.00 bits per heavy atom. The third-order valence-corrected chi connectivity index (χ3v) is 3.27. The van der Waals surface area contributed by atoms with Crippen molar-refractivity contribution in [2.75, 3.05) is 18.9 Å². The van der Waals surface area contributed by atoms with Gasteiger partial charge in [0.15, 0.2) is 0 Å². The number of nitrogens with two attached hydrogens (primary N) is 1. The predicted molar refractivity (Wildman–Crippen MR) is 72.4 cm³/mol. The molecular formula is C13H18N4O2. The third kappa shape index (κ3) is 3.23. The van der Waals surface area contributed by atoms with Gasteiger partial charge in [-0.15, -0.1) is 0 Å². The van der Waals surface area contributed by atoms with Crippen molar-refractivity contribution in [2.24, 2.45) is 5.84 Å². The van der Waals surface area contributed by atoms with Crippen LogP contribution in [0.3, 0.4) is 0 Å². The fourth-order valence-electron chi connectivity index (χ4n) is 2.10. The van der Waals surface area contributed by atoms with Crippen LogP contribution < -0.4 is 16.6 Å². The highest BCUT2D eigenvalue weighted by atomic mass is 16.2. The third-order valence-electron chi connectivity index (χ3n) is 3.27. The molecule has 4 N–H and O–H groups in total. The fourth-order valence-corrected chi connectivity index (χ4v) is 2.10. The standard InChI is InChI=1S/C13H18N4O2/c1-17(13(19)16-14)7-6-9-2-4-11-10(8-9)3-5-12(18)15-11/h2,4,8H,3,5-7,14H2,1H3,(H,15,18)(H,16,19). The molecule has 0 unspecified atom stereocenters. The summed E-state index contributed by atoms with van der Waals surface area (Å²) in [7, 11) is 1.70. The molecule has 0 atom stereocenters. The molecule has 0 aromatic heterocycles. The number of nitrogens with zero attached hydrogens (tertiary/aromatic N) is 1. The number of fused-ring (bicyclic) bond motifs is 1. The Hall–Kier alpha value is -2.08. The second-order valence-electron chi connectivity index (χ2n) is 4.66. The fraction of sp³-hybridized carbons (Fsp3) is 0.385. The monoisotopic (exact) mass is 262 g/mol. The SMILES string of the molecule is CN(CCc1ccc2c(c1)CCC(=O)N2)C(=O)NN. The molecule has 2 rings (SSSR count). The van der Waals surface area contributed by atoms with Crippen LogP contribution in [-0.4, -0.2) is 30.4 Å². The molecule has 1 aromatic carbocycles. The molecule has 19 heavy (non-hydrogen) atoms. The number of urea groups is 1. The molecule has 1 aliphatic heterocycles. The van der Waals surface area contributed by atoms with Crippen molar-refractivity contribution < 1.29 is 9.59 Å². The molecule has 0 saturated carbocycles. The Morgan fingerprint density at radius 2 is 2.26 bits per heavy atom. The highest BCUT2D eigenvalue weighted by Gasteiger charge is 2.15. The van der Waals surface area contributed by atoms with Crippen LogP contribution in [-0.2, 0) is 17.6 Å². The molecule has 0 spiro atoms. The summed E-state index contributed by atoms with van der Waals surface area (Å²) in [4.78, 5) is 24.0. The van der Waals surface area contributed by atoms with Gasteiger partial charge in [-0.2, -0.15) is 0 Å². The van der Waals surface area contributed by atoms with Crippen LogP contribution in [0, 0.1) is 0 Å². The number of carbonyl (C=O) groups excluding carboxylic acids is 2. The minimum absolute atomic E-state index is 0.0691. The van der Waals surface area contributed by atoms with E-state index < -0.39 is 0 Å². The van der Waals surface area contributed by atoms with Gasteiger partial charge in [-0.1, -0.05) is 12.1 Å². The number of nitrogens with one attached hydrogen (secondary N) is 2. The summed E-state index contributed by atoms with van der Waals surface area (Å²) >= 11 is 0. The summed E-state index contributed by atoms with van der Waals surface area (Å²) in [5.41, 5.74) is 5.29. The van der Waals surface area contributed by atoms with Gasteiger partial charge in [0, 0.05) is 25.7 Å². The second kappa shape index (κ2) is 5.71. The number of amides is 3. The molecule has 102 valence electrons. The van der Waals surface area contributed by atoms with Crippen LogP contribution in [0.4, 0.5) is 10.5 Å². The van der Waals surface area contributed by atoms with Gasteiger partial charge in [0.1, 0.15) is 0 Å². The van der Waals surface area contributed by atoms with Crippen LogP contribution in [0.1, 0.15) is 17.5 Å². The van der Waals surface area contributed by atoms with Crippen molar-refractivity contribution in [1.29, 1.82) is 0 Å². The highest BCUT2D eigenvalue weighted by molar-refractivity contribution is 5.93. The smallest absolute Gasteiger partial charge is 0.326 e. The molecule has 1 aliphatic rings. The van der Waals surface area contributed by atoms with Crippen molar-refractivity contribution in [3.63, 3.8) is 0 Å². The molecule has 1 heterocycles. The number of carbonyl (C=O) groups is 2. The molecule has 0 aliphatic carbocycles. The van der Waals surface area contributed by atoms with Crippen LogP contribution in [0.15, 0.2) is 18.2 Å². The lowest BCUT2D eigenvalue weighted by atomic mass is 9.99. The van der Waals surface area contributed by atoms with Gasteiger partial charge in [-0.3, -0.25) is 10.2 Å². The summed E-state index contributed by atoms with van der Waals surface area (Å²) in [5.74, 6) is 5.13. The lowest BCUT2D eigenvalue weighted by molar-refractivity contribution is -0.116. The maximum absolute atomic E-state index is 11.3. The maximum Gasteiger partial charge on any atom is 0.331 e. The van der Waals surface area contributed by atoms with E-state index in [0.717, 1.165) is 29.7 Å². The van der Waals surface area contributed by atoms with Crippen molar-refractivity contribution in [1.82, 2.24) is 10.3 Å². The quantitative estimate of drug-likeness (QED) is 0.424. The van der Waals surface area contributed by atoms with Crippen molar-refractivity contribution in [2.45, 2.75) is 19.3 Å². The van der Waals surface area contributed by atoms with Crippen molar-refractivity contribution in [3.8, 4) is 0 Å². The van der Waals surface area contributed by atoms with Crippen LogP contribution in [0.2, 0.25) is 0 Å². The Kier molecular flexibility index (Phi) is 4.01. The summed E-state index contributed by atoms with van der Waals surface area (Å²) in [6, 6.07) is 5.68. The number of benzene rings is 1. The molecule has 0 bridgehead atoms. The number of hydrogen-bond acceptors (Lipinski definition) is 3. The molecule has 1 aromatic rings. The first-order chi connectivity index (χ1) is 9.10. The van der Waals surface area contributed by atoms with E-state index in [1.807, 2.05) is 12.1 Å². The van der Waals surface area contributed by atoms with Crippen LogP contribution >= 0.6 is 0 Å². The van der Waals surface area contributed by atoms with Crippen LogP contribution in [0.25, 0.3) is 0 Å². The van der Waals surface area contributed by atoms with E-state index in [1.54, 1.807) is 7.05 Å². The molecule has 0 fully saturated rings. The second-order valence-corrected chi connectivity index (χ2v) is 4.66. The Labute approximate surface area is 111 Å². The molecule has 0 radical (unpaired) electrons. The zero-order chi connectivity index (χ0) is 13.8. The predicted octanol–water partition coefficient (Wildman–Crippen LogP) is 0.629. The lowest BCUT2D eigenvalue weighted by Gasteiger charge is -2.19. The normalized spacial score (nSPS) is 13.5. The van der Waals surface area contributed by atoms with Gasteiger partial charge in [-0.05, 0) is 30.0 Å². The zero-order valence-electron chi connectivity index (χ0n) is 10.9. The van der Waals surface area contributed by atoms with E-state index in [1.165, 1.54) is 4.90 Å². The molecular weight excluding hydrogens is 244 g/mol. The highest BCUT2D eigenvalue weighted by Crippen LogP contribution is 2.23. The lowest BCUT2D eigenvalue weighted by Crippen LogP contribution is -2.41. The first-order valence-corrected chi connectivity index (χ1v) is 6.23. The average molecular weight is 262 g/mol. The summed E-state index contributed by atoms with van der Waals surface area (Å²) < 4.78 is 0. The van der Waals surface area contributed by atoms with Crippen LogP contribution in [0.5, 0.6) is 0 Å². The topological polar surface area (TPSA) is 87.5 Å². The minimum atomic E-state index is -0.301. The van der Waals surface area contributed by atoms with E-state index >= 15 is 0 Å². The Bertz CT molecular complexity index is 501. The molecule has 6 nitrogen and oxygen atoms in total. The van der Waals surface area contributed by atoms with Gasteiger partial charge in [0.2, 0.25) is 5.91 Å². The van der Waals surface area contributed by atoms with E-state index in [9.17, 15) is 9.59 Å². The number of rotatable bonds is 3. The first-order valence-electron chi connectivity index (χ1n) is 6.23. The Balaban J connectivity index is 1.99. The Morgan fingerprint density at radius 1 is 1.47 bits per heavy atom. The van der Waals surface area contributed by atoms with Crippen molar-refractivity contribution in [3.05, 3.63) is 29.3 Å². The van der Waals surface area contributed by atoms with E-state index in [-0.39, 0.29) is 11.9 Å². The van der Waals surface area contributed by atoms with E-state index in [4.69, 9.17) is 5.84 Å². The molecule has 6 heteroatoms. The van der Waals surface area contributed by atoms with E-state index in [0.29, 0.717) is 13.0 Å². The van der Waals surface area contributed by atoms with E-state index in [2.05, 4.69) is 16.8 Å². The van der Waals surface area contributed by atoms with Gasteiger partial charge in [0.25, 0.3) is 0 Å². The van der Waals surface area contributed by atoms with Crippen molar-refractivity contribution >= 4 is 17.6 Å². The molecule has 3 amide bonds. The molecule has 0 saturated heterocycles. The number of aryl methyl sites for hydroxylation is 1. The number of anilines is 1. The van der Waals surface area contributed by atoms with Gasteiger partial charge in [0.05, 0.1) is 0 Å². The van der Waals surface area contributed by atoms with Gasteiger partial charge >= 0.3 is 6.03 Å².